The third-order valence-electron chi connectivity index (χ3n) is 3.60. The smallest absolute Gasteiger partial charge is 0.284 e. The van der Waals surface area contributed by atoms with Gasteiger partial charge in [0.25, 0.3) is 11.6 Å². The molecule has 3 aromatic rings. The van der Waals surface area contributed by atoms with Gasteiger partial charge in [-0.1, -0.05) is 23.8 Å². The second kappa shape index (κ2) is 8.27. The molecule has 1 aromatic carbocycles. The predicted octanol–water partition coefficient (Wildman–Crippen LogP) is 3.43. The highest BCUT2D eigenvalue weighted by Crippen LogP contribution is 2.36. The normalized spacial score (nSPS) is 11.9. The lowest BCUT2D eigenvalue weighted by Crippen LogP contribution is -2.27. The number of hydrogen-bond donors (Lipinski definition) is 1. The summed E-state index contributed by atoms with van der Waals surface area (Å²) in [6.45, 7) is 3.97. The molecule has 27 heavy (non-hydrogen) atoms. The van der Waals surface area contributed by atoms with E-state index in [0.29, 0.717) is 15.1 Å². The summed E-state index contributed by atoms with van der Waals surface area (Å²) in [5, 5.41) is 19.8. The van der Waals surface area contributed by atoms with E-state index in [-0.39, 0.29) is 23.7 Å². The van der Waals surface area contributed by atoms with Gasteiger partial charge in [0.05, 0.1) is 9.82 Å². The van der Waals surface area contributed by atoms with Crippen molar-refractivity contribution < 1.29 is 14.2 Å². The van der Waals surface area contributed by atoms with Crippen molar-refractivity contribution in [3.05, 3.63) is 57.2 Å². The van der Waals surface area contributed by atoms with Crippen molar-refractivity contribution >= 4 is 34.7 Å². The van der Waals surface area contributed by atoms with Crippen molar-refractivity contribution in [2.45, 2.75) is 29.0 Å². The molecule has 0 saturated carbocycles. The van der Waals surface area contributed by atoms with Crippen LogP contribution in [-0.4, -0.2) is 32.5 Å². The van der Waals surface area contributed by atoms with Crippen LogP contribution in [0.4, 0.5) is 5.69 Å². The standard InChI is InChI=1S/C16H15N5O4S2/c1-9(14-18-8-25-20-14)6-17-15(22)11-3-4-13(12(5-11)21(23)24)27-16-19-10(2)7-26-16/h3-5,7-9H,6H2,1-2H3,(H,17,22). The molecule has 1 N–H and O–H groups in total. The molecule has 0 aliphatic heterocycles. The summed E-state index contributed by atoms with van der Waals surface area (Å²) in [5.74, 6) is -0.0764. The van der Waals surface area contributed by atoms with E-state index in [9.17, 15) is 14.9 Å². The molecule has 2 aromatic heterocycles. The number of benzene rings is 1. The first-order chi connectivity index (χ1) is 12.9. The first kappa shape index (κ1) is 19.0. The Balaban J connectivity index is 1.72. The number of hydrogen-bond acceptors (Lipinski definition) is 9. The number of rotatable bonds is 7. The van der Waals surface area contributed by atoms with Crippen LogP contribution in [0.1, 0.15) is 34.7 Å². The number of carbonyl (C=O) groups excluding carboxylic acids is 1. The van der Waals surface area contributed by atoms with Crippen LogP contribution in [0.2, 0.25) is 0 Å². The number of carbonyl (C=O) groups is 1. The van der Waals surface area contributed by atoms with Crippen LogP contribution in [0, 0.1) is 17.0 Å². The van der Waals surface area contributed by atoms with Gasteiger partial charge >= 0.3 is 0 Å². The van der Waals surface area contributed by atoms with Crippen LogP contribution in [0.3, 0.4) is 0 Å². The first-order valence-corrected chi connectivity index (χ1v) is 9.56. The molecule has 0 aliphatic rings. The molecule has 2 heterocycles. The van der Waals surface area contributed by atoms with Crippen LogP contribution >= 0.6 is 23.1 Å². The highest BCUT2D eigenvalue weighted by atomic mass is 32.2. The highest BCUT2D eigenvalue weighted by Gasteiger charge is 2.20. The van der Waals surface area contributed by atoms with Crippen molar-refractivity contribution in [1.82, 2.24) is 20.4 Å². The van der Waals surface area contributed by atoms with Gasteiger partial charge in [-0.05, 0) is 19.1 Å². The van der Waals surface area contributed by atoms with Crippen molar-refractivity contribution in [2.75, 3.05) is 6.54 Å². The van der Waals surface area contributed by atoms with E-state index in [2.05, 4.69) is 25.0 Å². The maximum atomic E-state index is 12.4. The van der Waals surface area contributed by atoms with E-state index in [0.717, 1.165) is 5.69 Å². The fourth-order valence-electron chi connectivity index (χ4n) is 2.20. The maximum Gasteiger partial charge on any atom is 0.284 e. The van der Waals surface area contributed by atoms with E-state index in [1.165, 1.54) is 35.6 Å². The quantitative estimate of drug-likeness (QED) is 0.468. The monoisotopic (exact) mass is 405 g/mol. The Morgan fingerprint density at radius 1 is 1.48 bits per heavy atom. The van der Waals surface area contributed by atoms with Gasteiger partial charge in [0, 0.05) is 35.2 Å². The number of aromatic nitrogens is 3. The maximum absolute atomic E-state index is 12.4. The molecule has 0 bridgehead atoms. The number of nitro benzene ring substituents is 1. The molecule has 1 amide bonds. The van der Waals surface area contributed by atoms with Gasteiger partial charge in [-0.2, -0.15) is 4.98 Å². The van der Waals surface area contributed by atoms with Crippen LogP contribution in [0.15, 0.2) is 43.7 Å². The summed E-state index contributed by atoms with van der Waals surface area (Å²) < 4.78 is 5.39. The van der Waals surface area contributed by atoms with Crippen LogP contribution in [0.25, 0.3) is 0 Å². The number of amides is 1. The van der Waals surface area contributed by atoms with Crippen molar-refractivity contribution in [1.29, 1.82) is 0 Å². The van der Waals surface area contributed by atoms with Gasteiger partial charge in [-0.15, -0.1) is 11.3 Å². The minimum atomic E-state index is -0.498. The van der Waals surface area contributed by atoms with E-state index >= 15 is 0 Å². The van der Waals surface area contributed by atoms with Crippen molar-refractivity contribution in [3.8, 4) is 0 Å². The average Bonchev–Trinajstić information content (AvgIpc) is 3.31. The summed E-state index contributed by atoms with van der Waals surface area (Å²) in [4.78, 5) is 31.9. The van der Waals surface area contributed by atoms with Gasteiger partial charge in [-0.25, -0.2) is 4.98 Å². The lowest BCUT2D eigenvalue weighted by atomic mass is 10.1. The Kier molecular flexibility index (Phi) is 5.81. The lowest BCUT2D eigenvalue weighted by molar-refractivity contribution is -0.387. The fourth-order valence-corrected chi connectivity index (χ4v) is 4.07. The van der Waals surface area contributed by atoms with Crippen LogP contribution in [0.5, 0.6) is 0 Å². The lowest BCUT2D eigenvalue weighted by Gasteiger charge is -2.09. The van der Waals surface area contributed by atoms with Gasteiger partial charge in [0.1, 0.15) is 0 Å². The minimum absolute atomic E-state index is 0.133. The number of nitro groups is 1. The second-order valence-electron chi connectivity index (χ2n) is 5.70. The molecule has 1 unspecified atom stereocenters. The average molecular weight is 405 g/mol. The Hall–Kier alpha value is -2.79. The molecule has 0 aliphatic carbocycles. The van der Waals surface area contributed by atoms with Crippen LogP contribution < -0.4 is 5.32 Å². The fraction of sp³-hybridized carbons (Fsp3) is 0.250. The zero-order valence-corrected chi connectivity index (χ0v) is 16.0. The Morgan fingerprint density at radius 2 is 2.30 bits per heavy atom. The van der Waals surface area contributed by atoms with Gasteiger partial charge < -0.3 is 9.84 Å². The van der Waals surface area contributed by atoms with Crippen LogP contribution in [-0.2, 0) is 0 Å². The molecule has 140 valence electrons. The largest absolute Gasteiger partial charge is 0.351 e. The van der Waals surface area contributed by atoms with Crippen molar-refractivity contribution in [3.63, 3.8) is 0 Å². The van der Waals surface area contributed by atoms with E-state index in [1.54, 1.807) is 12.1 Å². The number of aryl methyl sites for hydroxylation is 1. The first-order valence-electron chi connectivity index (χ1n) is 7.87. The summed E-state index contributed by atoms with van der Waals surface area (Å²) in [7, 11) is 0. The molecule has 0 fully saturated rings. The molecule has 0 saturated heterocycles. The van der Waals surface area contributed by atoms with Gasteiger partial charge in [0.2, 0.25) is 6.39 Å². The molecule has 1 atom stereocenters. The summed E-state index contributed by atoms with van der Waals surface area (Å²) >= 11 is 2.62. The third-order valence-corrected chi connectivity index (χ3v) is 5.72. The van der Waals surface area contributed by atoms with Crippen molar-refractivity contribution in [2.24, 2.45) is 0 Å². The third kappa shape index (κ3) is 4.68. The molecular weight excluding hydrogens is 390 g/mol. The predicted molar refractivity (Wildman–Crippen MR) is 99.1 cm³/mol. The number of nitrogens with one attached hydrogen (secondary N) is 1. The topological polar surface area (TPSA) is 124 Å². The molecule has 3 rings (SSSR count). The van der Waals surface area contributed by atoms with Gasteiger partial charge in [-0.3, -0.25) is 14.9 Å². The Bertz CT molecular complexity index is 958. The number of nitrogens with zero attached hydrogens (tertiary/aromatic N) is 4. The zero-order valence-electron chi connectivity index (χ0n) is 14.4. The highest BCUT2D eigenvalue weighted by molar-refractivity contribution is 8.01. The molecule has 0 spiro atoms. The molecular formula is C16H15N5O4S2. The van der Waals surface area contributed by atoms with E-state index in [4.69, 9.17) is 0 Å². The summed E-state index contributed by atoms with van der Waals surface area (Å²) in [6.07, 6.45) is 1.22. The minimum Gasteiger partial charge on any atom is -0.351 e. The SMILES string of the molecule is Cc1csc(Sc2ccc(C(=O)NCC(C)c3ncon3)cc2[N+](=O)[O-])n1. The molecule has 0 radical (unpaired) electrons. The Morgan fingerprint density at radius 3 is 2.93 bits per heavy atom. The van der Waals surface area contributed by atoms with E-state index < -0.39 is 10.8 Å². The number of thiazole rings is 1. The van der Waals surface area contributed by atoms with E-state index in [1.807, 2.05) is 19.2 Å². The Labute approximate surface area is 162 Å². The molecule has 9 nitrogen and oxygen atoms in total. The zero-order chi connectivity index (χ0) is 19.4. The summed E-state index contributed by atoms with van der Waals surface area (Å²) in [6, 6.07) is 4.40. The summed E-state index contributed by atoms with van der Waals surface area (Å²) in [5.41, 5.74) is 0.935. The molecule has 11 heteroatoms. The second-order valence-corrected chi connectivity index (χ2v) is 7.84. The van der Waals surface area contributed by atoms with Gasteiger partial charge in [0.15, 0.2) is 10.2 Å².